The fourth-order valence-electron chi connectivity index (χ4n) is 2.70. The number of rotatable bonds is 0. The van der Waals surface area contributed by atoms with Gasteiger partial charge in [0.2, 0.25) is 5.91 Å². The molecule has 1 amide bonds. The van der Waals surface area contributed by atoms with Gasteiger partial charge in [0.1, 0.15) is 0 Å². The molecule has 3 rings (SSSR count). The normalized spacial score (nSPS) is 15.5. The summed E-state index contributed by atoms with van der Waals surface area (Å²) in [6, 6.07) is 1.98. The quantitative estimate of drug-likeness (QED) is 0.736. The van der Waals surface area contributed by atoms with Gasteiger partial charge in [0, 0.05) is 42.8 Å². The largest absolute Gasteiger partial charge is 0.337 e. The van der Waals surface area contributed by atoms with Crippen LogP contribution in [0.25, 0.3) is 5.65 Å². The van der Waals surface area contributed by atoms with Crippen molar-refractivity contribution in [3.05, 3.63) is 29.2 Å². The van der Waals surface area contributed by atoms with E-state index in [0.717, 1.165) is 29.9 Å². The monoisotopic (exact) mass is 272 g/mol. The first kappa shape index (κ1) is 13.1. The second kappa shape index (κ2) is 4.30. The van der Waals surface area contributed by atoms with Crippen LogP contribution in [-0.2, 0) is 17.8 Å². The Morgan fingerprint density at radius 3 is 2.80 bits per heavy atom. The summed E-state index contributed by atoms with van der Waals surface area (Å²) >= 11 is 0. The fraction of sp³-hybridized carbons (Fsp3) is 0.533. The molecule has 0 spiro atoms. The van der Waals surface area contributed by atoms with Crippen LogP contribution in [0.2, 0.25) is 0 Å². The Kier molecular flexibility index (Phi) is 2.81. The van der Waals surface area contributed by atoms with E-state index in [0.29, 0.717) is 6.54 Å². The number of fused-ring (bicyclic) bond motifs is 3. The van der Waals surface area contributed by atoms with Crippen molar-refractivity contribution in [3.8, 4) is 0 Å². The summed E-state index contributed by atoms with van der Waals surface area (Å²) in [5, 5.41) is 4.50. The summed E-state index contributed by atoms with van der Waals surface area (Å²) in [7, 11) is 0. The minimum atomic E-state index is -0.336. The molecule has 3 heterocycles. The minimum absolute atomic E-state index is 0.194. The lowest BCUT2D eigenvalue weighted by Crippen LogP contribution is -2.42. The predicted molar refractivity (Wildman–Crippen MR) is 76.3 cm³/mol. The molecule has 0 bridgehead atoms. The second-order valence-electron chi connectivity index (χ2n) is 6.51. The van der Waals surface area contributed by atoms with Gasteiger partial charge in [-0.05, 0) is 6.92 Å². The molecule has 0 saturated carbocycles. The smallest absolute Gasteiger partial charge is 0.228 e. The Morgan fingerprint density at radius 2 is 2.10 bits per heavy atom. The van der Waals surface area contributed by atoms with Crippen LogP contribution in [0.15, 0.2) is 12.3 Å². The van der Waals surface area contributed by atoms with E-state index in [1.165, 1.54) is 5.69 Å². The number of carbonyl (C=O) groups is 1. The van der Waals surface area contributed by atoms with Crippen LogP contribution in [0.4, 0.5) is 0 Å². The highest BCUT2D eigenvalue weighted by Gasteiger charge is 2.30. The fourth-order valence-corrected chi connectivity index (χ4v) is 2.70. The highest BCUT2D eigenvalue weighted by molar-refractivity contribution is 5.81. The van der Waals surface area contributed by atoms with Gasteiger partial charge in [0.05, 0.1) is 11.4 Å². The number of hydrogen-bond acceptors (Lipinski definition) is 3. The molecule has 0 unspecified atom stereocenters. The molecular formula is C15H20N4O. The summed E-state index contributed by atoms with van der Waals surface area (Å²) in [4.78, 5) is 18.7. The van der Waals surface area contributed by atoms with Crippen molar-refractivity contribution < 1.29 is 4.79 Å². The van der Waals surface area contributed by atoms with Crippen LogP contribution in [0.5, 0.6) is 0 Å². The lowest BCUT2D eigenvalue weighted by atomic mass is 9.93. The van der Waals surface area contributed by atoms with Gasteiger partial charge < -0.3 is 4.90 Å². The molecule has 0 saturated heterocycles. The standard InChI is InChI=1S/C15H20N4O/c1-10-7-13-16-8-11-9-18(14(20)15(2,3)4)6-5-12(11)19(13)17-10/h7-8H,5-6,9H2,1-4H3. The molecule has 5 nitrogen and oxygen atoms in total. The third-order valence-corrected chi connectivity index (χ3v) is 3.70. The third kappa shape index (κ3) is 2.07. The number of hydrogen-bond donors (Lipinski definition) is 0. The maximum absolute atomic E-state index is 12.4. The van der Waals surface area contributed by atoms with Crippen molar-refractivity contribution in [2.45, 2.75) is 40.7 Å². The van der Waals surface area contributed by atoms with Crippen LogP contribution in [0.1, 0.15) is 37.7 Å². The second-order valence-corrected chi connectivity index (χ2v) is 6.51. The first-order valence-electron chi connectivity index (χ1n) is 6.99. The van der Waals surface area contributed by atoms with Crippen LogP contribution in [-0.4, -0.2) is 31.9 Å². The number of carbonyl (C=O) groups excluding carboxylic acids is 1. The lowest BCUT2D eigenvalue weighted by molar-refractivity contribution is -0.140. The number of aryl methyl sites for hydroxylation is 1. The van der Waals surface area contributed by atoms with Crippen molar-refractivity contribution in [2.24, 2.45) is 5.41 Å². The first-order chi connectivity index (χ1) is 9.36. The zero-order valence-corrected chi connectivity index (χ0v) is 12.5. The lowest BCUT2D eigenvalue weighted by Gasteiger charge is -2.33. The molecule has 0 aromatic carbocycles. The number of nitrogens with zero attached hydrogens (tertiary/aromatic N) is 4. The van der Waals surface area contributed by atoms with Gasteiger partial charge in [0.15, 0.2) is 5.65 Å². The van der Waals surface area contributed by atoms with Gasteiger partial charge in [-0.3, -0.25) is 4.79 Å². The molecule has 0 fully saturated rings. The van der Waals surface area contributed by atoms with Crippen LogP contribution >= 0.6 is 0 Å². The van der Waals surface area contributed by atoms with Crippen molar-refractivity contribution in [1.29, 1.82) is 0 Å². The highest BCUT2D eigenvalue weighted by Crippen LogP contribution is 2.24. The average Bonchev–Trinajstić information content (AvgIpc) is 2.76. The molecule has 106 valence electrons. The maximum Gasteiger partial charge on any atom is 0.228 e. The molecule has 20 heavy (non-hydrogen) atoms. The molecule has 2 aromatic heterocycles. The van der Waals surface area contributed by atoms with Crippen LogP contribution < -0.4 is 0 Å². The Labute approximate surface area is 118 Å². The maximum atomic E-state index is 12.4. The number of amides is 1. The summed E-state index contributed by atoms with van der Waals surface area (Å²) in [5.41, 5.74) is 3.80. The molecule has 0 N–H and O–H groups in total. The molecule has 0 radical (unpaired) electrons. The van der Waals surface area contributed by atoms with E-state index in [1.54, 1.807) is 0 Å². The molecule has 2 aromatic rings. The first-order valence-corrected chi connectivity index (χ1v) is 6.99. The van der Waals surface area contributed by atoms with Crippen molar-refractivity contribution in [1.82, 2.24) is 19.5 Å². The number of aromatic nitrogens is 3. The minimum Gasteiger partial charge on any atom is -0.337 e. The van der Waals surface area contributed by atoms with Crippen molar-refractivity contribution in [2.75, 3.05) is 6.54 Å². The van der Waals surface area contributed by atoms with Gasteiger partial charge in [-0.2, -0.15) is 5.10 Å². The summed E-state index contributed by atoms with van der Waals surface area (Å²) in [6.07, 6.45) is 2.71. The predicted octanol–water partition coefficient (Wildman–Crippen LogP) is 1.97. The SMILES string of the molecule is Cc1cc2ncc3c(n2n1)CCN(C(=O)C(C)(C)C)C3. The van der Waals surface area contributed by atoms with E-state index in [9.17, 15) is 4.79 Å². The van der Waals surface area contributed by atoms with Crippen molar-refractivity contribution in [3.63, 3.8) is 0 Å². The summed E-state index contributed by atoms with van der Waals surface area (Å²) < 4.78 is 1.92. The van der Waals surface area contributed by atoms with Gasteiger partial charge in [-0.15, -0.1) is 0 Å². The Bertz CT molecular complexity index is 681. The van der Waals surface area contributed by atoms with Gasteiger partial charge in [0.25, 0.3) is 0 Å². The topological polar surface area (TPSA) is 50.5 Å². The Hall–Kier alpha value is -1.91. The molecule has 0 atom stereocenters. The van der Waals surface area contributed by atoms with Crippen LogP contribution in [0.3, 0.4) is 0 Å². The van der Waals surface area contributed by atoms with E-state index in [2.05, 4.69) is 10.1 Å². The molecule has 5 heteroatoms. The zero-order chi connectivity index (χ0) is 14.5. The third-order valence-electron chi connectivity index (χ3n) is 3.70. The molecule has 1 aliphatic heterocycles. The summed E-state index contributed by atoms with van der Waals surface area (Å²) in [6.45, 7) is 9.24. The Morgan fingerprint density at radius 1 is 1.35 bits per heavy atom. The van der Waals surface area contributed by atoms with E-state index < -0.39 is 0 Å². The summed E-state index contributed by atoms with van der Waals surface area (Å²) in [5.74, 6) is 0.194. The van der Waals surface area contributed by atoms with Gasteiger partial charge >= 0.3 is 0 Å². The van der Waals surface area contributed by atoms with E-state index in [-0.39, 0.29) is 11.3 Å². The molecular weight excluding hydrogens is 252 g/mol. The molecule has 1 aliphatic rings. The molecule has 0 aliphatic carbocycles. The van der Waals surface area contributed by atoms with Crippen LogP contribution in [0, 0.1) is 12.3 Å². The Balaban J connectivity index is 1.96. The van der Waals surface area contributed by atoms with Crippen molar-refractivity contribution >= 4 is 11.6 Å². The van der Waals surface area contributed by atoms with Gasteiger partial charge in [-0.1, -0.05) is 20.8 Å². The zero-order valence-electron chi connectivity index (χ0n) is 12.5. The highest BCUT2D eigenvalue weighted by atomic mass is 16.2. The van der Waals surface area contributed by atoms with Gasteiger partial charge in [-0.25, -0.2) is 9.50 Å². The average molecular weight is 272 g/mol. The van der Waals surface area contributed by atoms with E-state index in [4.69, 9.17) is 0 Å². The van der Waals surface area contributed by atoms with E-state index >= 15 is 0 Å². The van der Waals surface area contributed by atoms with E-state index in [1.807, 2.05) is 49.4 Å².